The molecular formula is C19H24N4O. The first-order valence-electron chi connectivity index (χ1n) is 8.47. The van der Waals surface area contributed by atoms with Crippen LogP contribution in [0.1, 0.15) is 61.8 Å². The smallest absolute Gasteiger partial charge is 0.269 e. The van der Waals surface area contributed by atoms with Crippen LogP contribution in [0.3, 0.4) is 0 Å². The van der Waals surface area contributed by atoms with Crippen LogP contribution >= 0.6 is 0 Å². The molecule has 0 bridgehead atoms. The van der Waals surface area contributed by atoms with Crippen LogP contribution < -0.4 is 5.32 Å². The minimum Gasteiger partial charge on any atom is -0.351 e. The zero-order valence-corrected chi connectivity index (χ0v) is 14.8. The van der Waals surface area contributed by atoms with Crippen LogP contribution in [0.15, 0.2) is 24.3 Å². The van der Waals surface area contributed by atoms with Gasteiger partial charge >= 0.3 is 0 Å². The molecule has 0 aliphatic rings. The number of benzene rings is 1. The molecule has 2 rings (SSSR count). The molecule has 0 saturated heterocycles. The summed E-state index contributed by atoms with van der Waals surface area (Å²) in [6, 6.07) is 9.61. The molecular weight excluding hydrogens is 300 g/mol. The highest BCUT2D eigenvalue weighted by Crippen LogP contribution is 2.29. The van der Waals surface area contributed by atoms with E-state index < -0.39 is 0 Å². The van der Waals surface area contributed by atoms with Crippen molar-refractivity contribution in [1.82, 2.24) is 15.1 Å². The number of aromatic nitrogens is 2. The number of rotatable bonds is 6. The topological polar surface area (TPSA) is 70.7 Å². The van der Waals surface area contributed by atoms with E-state index in [2.05, 4.69) is 25.2 Å². The monoisotopic (exact) mass is 324 g/mol. The maximum Gasteiger partial charge on any atom is 0.269 e. The van der Waals surface area contributed by atoms with Gasteiger partial charge < -0.3 is 5.32 Å². The van der Waals surface area contributed by atoms with Crippen LogP contribution in [-0.4, -0.2) is 22.2 Å². The maximum atomic E-state index is 12.6. The highest BCUT2D eigenvalue weighted by molar-refractivity contribution is 5.96. The second-order valence-corrected chi connectivity index (χ2v) is 5.78. The standard InChI is InChI=1S/C19H24N4O/c1-5-13(4)23-18(19(24)21-7-3)16(6-2)17(22-23)15-10-8-14(12-20)9-11-15/h8-11,13H,5-7H2,1-4H3,(H,21,24). The van der Waals surface area contributed by atoms with Gasteiger partial charge in [-0.05, 0) is 38.8 Å². The molecule has 5 nitrogen and oxygen atoms in total. The molecule has 1 amide bonds. The van der Waals surface area contributed by atoms with Gasteiger partial charge in [-0.1, -0.05) is 26.0 Å². The minimum atomic E-state index is -0.0814. The second kappa shape index (κ2) is 7.78. The third-order valence-electron chi connectivity index (χ3n) is 4.21. The van der Waals surface area contributed by atoms with Gasteiger partial charge in [-0.3, -0.25) is 9.48 Å². The summed E-state index contributed by atoms with van der Waals surface area (Å²) in [5.41, 5.74) is 3.96. The average Bonchev–Trinajstić information content (AvgIpc) is 3.01. The van der Waals surface area contributed by atoms with Crippen LogP contribution in [0.5, 0.6) is 0 Å². The van der Waals surface area contributed by atoms with Crippen molar-refractivity contribution in [1.29, 1.82) is 5.26 Å². The summed E-state index contributed by atoms with van der Waals surface area (Å²) in [5.74, 6) is -0.0814. The van der Waals surface area contributed by atoms with E-state index in [1.165, 1.54) is 0 Å². The minimum absolute atomic E-state index is 0.0814. The fraction of sp³-hybridized carbons (Fsp3) is 0.421. The van der Waals surface area contributed by atoms with Crippen molar-refractivity contribution in [3.8, 4) is 17.3 Å². The lowest BCUT2D eigenvalue weighted by Crippen LogP contribution is -2.27. The predicted molar refractivity (Wildman–Crippen MR) is 94.8 cm³/mol. The highest BCUT2D eigenvalue weighted by Gasteiger charge is 2.24. The van der Waals surface area contributed by atoms with Gasteiger partial charge in [0.05, 0.1) is 17.3 Å². The van der Waals surface area contributed by atoms with Crippen molar-refractivity contribution in [2.45, 2.75) is 46.6 Å². The summed E-state index contributed by atoms with van der Waals surface area (Å²) in [4.78, 5) is 12.6. The molecule has 0 spiro atoms. The molecule has 1 atom stereocenters. The first kappa shape index (κ1) is 17.7. The van der Waals surface area contributed by atoms with E-state index >= 15 is 0 Å². The van der Waals surface area contributed by atoms with E-state index in [1.54, 1.807) is 12.1 Å². The number of carbonyl (C=O) groups is 1. The molecule has 0 radical (unpaired) electrons. The van der Waals surface area contributed by atoms with Crippen molar-refractivity contribution in [2.75, 3.05) is 6.54 Å². The summed E-state index contributed by atoms with van der Waals surface area (Å²) in [6.45, 7) is 8.68. The molecule has 126 valence electrons. The third kappa shape index (κ3) is 3.33. The molecule has 2 aromatic rings. The van der Waals surface area contributed by atoms with Crippen LogP contribution in [0.4, 0.5) is 0 Å². The van der Waals surface area contributed by atoms with Gasteiger partial charge in [-0.15, -0.1) is 0 Å². The lowest BCUT2D eigenvalue weighted by molar-refractivity contribution is 0.0941. The molecule has 0 saturated carbocycles. The highest BCUT2D eigenvalue weighted by atomic mass is 16.2. The summed E-state index contributed by atoms with van der Waals surface area (Å²) in [5, 5.41) is 16.6. The molecule has 0 fully saturated rings. The van der Waals surface area contributed by atoms with Gasteiger partial charge in [0.1, 0.15) is 5.69 Å². The van der Waals surface area contributed by atoms with Crippen LogP contribution in [-0.2, 0) is 6.42 Å². The van der Waals surface area contributed by atoms with Crippen molar-refractivity contribution in [2.24, 2.45) is 0 Å². The normalized spacial score (nSPS) is 11.8. The number of nitriles is 1. The van der Waals surface area contributed by atoms with Crippen molar-refractivity contribution in [3.63, 3.8) is 0 Å². The van der Waals surface area contributed by atoms with Gasteiger partial charge in [-0.25, -0.2) is 0 Å². The molecule has 5 heteroatoms. The molecule has 1 aromatic heterocycles. The number of carbonyl (C=O) groups excluding carboxylic acids is 1. The Hall–Kier alpha value is -2.61. The lowest BCUT2D eigenvalue weighted by Gasteiger charge is -2.14. The lowest BCUT2D eigenvalue weighted by atomic mass is 10.0. The quantitative estimate of drug-likeness (QED) is 0.880. The Kier molecular flexibility index (Phi) is 5.75. The van der Waals surface area contributed by atoms with Gasteiger partial charge in [0.2, 0.25) is 0 Å². The SMILES string of the molecule is CCNC(=O)c1c(CC)c(-c2ccc(C#N)cc2)nn1C(C)CC. The zero-order chi connectivity index (χ0) is 17.7. The van der Waals surface area contributed by atoms with E-state index in [0.717, 1.165) is 29.7 Å². The molecule has 0 aliphatic heterocycles. The van der Waals surface area contributed by atoms with Crippen LogP contribution in [0, 0.1) is 11.3 Å². The number of hydrogen-bond acceptors (Lipinski definition) is 3. The molecule has 1 heterocycles. The summed E-state index contributed by atoms with van der Waals surface area (Å²) < 4.78 is 1.84. The second-order valence-electron chi connectivity index (χ2n) is 5.78. The van der Waals surface area contributed by atoms with Crippen LogP contribution in [0.25, 0.3) is 11.3 Å². The summed E-state index contributed by atoms with van der Waals surface area (Å²) >= 11 is 0. The van der Waals surface area contributed by atoms with Gasteiger partial charge in [0.15, 0.2) is 0 Å². The molecule has 1 N–H and O–H groups in total. The third-order valence-corrected chi connectivity index (χ3v) is 4.21. The Morgan fingerprint density at radius 1 is 1.29 bits per heavy atom. The number of nitrogens with zero attached hydrogens (tertiary/aromatic N) is 3. The van der Waals surface area contributed by atoms with E-state index in [1.807, 2.05) is 30.7 Å². The van der Waals surface area contributed by atoms with Gasteiger partial charge in [0.25, 0.3) is 5.91 Å². The molecule has 1 aromatic carbocycles. The summed E-state index contributed by atoms with van der Waals surface area (Å²) in [6.07, 6.45) is 1.61. The first-order valence-corrected chi connectivity index (χ1v) is 8.47. The predicted octanol–water partition coefficient (Wildman–Crippen LogP) is 3.70. The Balaban J connectivity index is 2.63. The largest absolute Gasteiger partial charge is 0.351 e. The first-order chi connectivity index (χ1) is 11.6. The van der Waals surface area contributed by atoms with E-state index in [4.69, 9.17) is 10.4 Å². The van der Waals surface area contributed by atoms with Crippen molar-refractivity contribution in [3.05, 3.63) is 41.1 Å². The van der Waals surface area contributed by atoms with Gasteiger partial charge in [0, 0.05) is 23.7 Å². The van der Waals surface area contributed by atoms with Crippen molar-refractivity contribution < 1.29 is 4.79 Å². The van der Waals surface area contributed by atoms with E-state index in [9.17, 15) is 4.79 Å². The average molecular weight is 324 g/mol. The Morgan fingerprint density at radius 3 is 2.46 bits per heavy atom. The van der Waals surface area contributed by atoms with E-state index in [0.29, 0.717) is 17.8 Å². The fourth-order valence-corrected chi connectivity index (χ4v) is 2.72. The van der Waals surface area contributed by atoms with E-state index in [-0.39, 0.29) is 11.9 Å². The molecule has 24 heavy (non-hydrogen) atoms. The zero-order valence-electron chi connectivity index (χ0n) is 14.8. The Morgan fingerprint density at radius 2 is 1.96 bits per heavy atom. The molecule has 1 unspecified atom stereocenters. The fourth-order valence-electron chi connectivity index (χ4n) is 2.72. The summed E-state index contributed by atoms with van der Waals surface area (Å²) in [7, 11) is 0. The molecule has 0 aliphatic carbocycles. The maximum absolute atomic E-state index is 12.6. The number of hydrogen-bond donors (Lipinski definition) is 1. The Bertz CT molecular complexity index is 753. The number of amides is 1. The van der Waals surface area contributed by atoms with Gasteiger partial charge in [-0.2, -0.15) is 10.4 Å². The Labute approximate surface area is 143 Å². The number of nitrogens with one attached hydrogen (secondary N) is 1. The van der Waals surface area contributed by atoms with Crippen molar-refractivity contribution >= 4 is 5.91 Å². The van der Waals surface area contributed by atoms with Crippen LogP contribution in [0.2, 0.25) is 0 Å².